The molecule has 0 aliphatic rings. The fraction of sp³-hybridized carbons (Fsp3) is 0.500. The molecule has 0 aliphatic heterocycles. The minimum atomic E-state index is -0.0691. The van der Waals surface area contributed by atoms with Gasteiger partial charge in [-0.25, -0.2) is 15.0 Å². The molecule has 0 saturated carbocycles. The van der Waals surface area contributed by atoms with Gasteiger partial charge in [0.25, 0.3) is 0 Å². The van der Waals surface area contributed by atoms with Crippen molar-refractivity contribution >= 4 is 35.0 Å². The van der Waals surface area contributed by atoms with Crippen LogP contribution >= 0.6 is 23.2 Å². The predicted molar refractivity (Wildman–Crippen MR) is 111 cm³/mol. The van der Waals surface area contributed by atoms with Gasteiger partial charge in [0.05, 0.1) is 16.2 Å². The van der Waals surface area contributed by atoms with E-state index in [0.29, 0.717) is 47.3 Å². The van der Waals surface area contributed by atoms with Crippen molar-refractivity contribution in [1.82, 2.24) is 20.6 Å². The lowest BCUT2D eigenvalue weighted by atomic mass is 9.94. The number of hydrogen-bond donors (Lipinski definition) is 3. The first kappa shape index (κ1) is 21.3. The highest BCUT2D eigenvalue weighted by Crippen LogP contribution is 2.23. The van der Waals surface area contributed by atoms with E-state index in [0.717, 1.165) is 12.3 Å². The van der Waals surface area contributed by atoms with Crippen LogP contribution in [-0.4, -0.2) is 35.6 Å². The second-order valence-electron chi connectivity index (χ2n) is 6.90. The maximum absolute atomic E-state index is 6.09. The van der Waals surface area contributed by atoms with E-state index < -0.39 is 0 Å². The quantitative estimate of drug-likeness (QED) is 0.363. The topological polar surface area (TPSA) is 87.4 Å². The van der Waals surface area contributed by atoms with Gasteiger partial charge in [-0.05, 0) is 13.0 Å². The number of pyridine rings is 1. The van der Waals surface area contributed by atoms with Crippen molar-refractivity contribution in [2.75, 3.05) is 25.0 Å². The number of guanidine groups is 1. The van der Waals surface area contributed by atoms with E-state index in [1.165, 1.54) is 0 Å². The van der Waals surface area contributed by atoms with Crippen molar-refractivity contribution in [2.45, 2.75) is 39.7 Å². The Morgan fingerprint density at radius 3 is 2.56 bits per heavy atom. The van der Waals surface area contributed by atoms with Gasteiger partial charge in [-0.15, -0.1) is 0 Å². The number of anilines is 1. The van der Waals surface area contributed by atoms with Gasteiger partial charge in [0, 0.05) is 31.2 Å². The molecule has 0 amide bonds. The third-order valence-corrected chi connectivity index (χ3v) is 4.02. The molecule has 0 spiro atoms. The van der Waals surface area contributed by atoms with Crippen LogP contribution in [0.5, 0.6) is 0 Å². The van der Waals surface area contributed by atoms with Gasteiger partial charge in [0.15, 0.2) is 5.96 Å². The fourth-order valence-corrected chi connectivity index (χ4v) is 2.57. The van der Waals surface area contributed by atoms with Crippen molar-refractivity contribution in [3.05, 3.63) is 40.2 Å². The molecule has 0 fully saturated rings. The summed E-state index contributed by atoms with van der Waals surface area (Å²) < 4.78 is 5.76. The van der Waals surface area contributed by atoms with Gasteiger partial charge < -0.3 is 20.4 Å². The SMILES string of the molecule is CCNC(=NCc1ncc(C(C)(C)C)o1)NCCNc1ncc(Cl)cc1Cl. The number of halogens is 2. The molecule has 148 valence electrons. The molecule has 7 nitrogen and oxygen atoms in total. The summed E-state index contributed by atoms with van der Waals surface area (Å²) in [5.74, 6) is 2.72. The first-order valence-electron chi connectivity index (χ1n) is 8.82. The standard InChI is InChI=1S/C18H26Cl2N6O/c1-5-21-17(26-11-15-24-10-14(27-15)18(2,3)4)23-7-6-22-16-13(20)8-12(19)9-25-16/h8-10H,5-7,11H2,1-4H3,(H,22,25)(H2,21,23,26). The highest BCUT2D eigenvalue weighted by molar-refractivity contribution is 6.35. The normalized spacial score (nSPS) is 12.1. The zero-order valence-corrected chi connectivity index (χ0v) is 17.6. The van der Waals surface area contributed by atoms with Crippen LogP contribution in [0.25, 0.3) is 0 Å². The molecule has 0 unspecified atom stereocenters. The summed E-state index contributed by atoms with van der Waals surface area (Å²) in [6, 6.07) is 1.65. The molecule has 2 heterocycles. The average Bonchev–Trinajstić information content (AvgIpc) is 3.07. The van der Waals surface area contributed by atoms with E-state index in [4.69, 9.17) is 27.6 Å². The smallest absolute Gasteiger partial charge is 0.216 e. The number of nitrogens with one attached hydrogen (secondary N) is 3. The Balaban J connectivity index is 1.85. The summed E-state index contributed by atoms with van der Waals surface area (Å²) in [5, 5.41) is 10.6. The van der Waals surface area contributed by atoms with E-state index in [9.17, 15) is 0 Å². The first-order valence-corrected chi connectivity index (χ1v) is 9.57. The monoisotopic (exact) mass is 412 g/mol. The van der Waals surface area contributed by atoms with Gasteiger partial charge >= 0.3 is 0 Å². The highest BCUT2D eigenvalue weighted by atomic mass is 35.5. The summed E-state index contributed by atoms with van der Waals surface area (Å²) in [5.41, 5.74) is -0.0691. The average molecular weight is 413 g/mol. The summed E-state index contributed by atoms with van der Waals surface area (Å²) >= 11 is 11.9. The molecule has 0 radical (unpaired) electrons. The molecule has 2 aromatic rings. The Bertz CT molecular complexity index is 769. The molecular formula is C18H26Cl2N6O. The van der Waals surface area contributed by atoms with Crippen LogP contribution < -0.4 is 16.0 Å². The summed E-state index contributed by atoms with van der Waals surface area (Å²) in [7, 11) is 0. The molecule has 27 heavy (non-hydrogen) atoms. The van der Waals surface area contributed by atoms with Crippen LogP contribution in [-0.2, 0) is 12.0 Å². The van der Waals surface area contributed by atoms with Crippen LogP contribution in [0.4, 0.5) is 5.82 Å². The Morgan fingerprint density at radius 1 is 1.15 bits per heavy atom. The second kappa shape index (κ2) is 9.80. The molecule has 0 aliphatic carbocycles. The first-order chi connectivity index (χ1) is 12.8. The minimum absolute atomic E-state index is 0.0691. The van der Waals surface area contributed by atoms with Gasteiger partial charge in [0.1, 0.15) is 18.1 Å². The van der Waals surface area contributed by atoms with Gasteiger partial charge in [0.2, 0.25) is 5.89 Å². The molecular weight excluding hydrogens is 387 g/mol. The molecule has 3 N–H and O–H groups in total. The van der Waals surface area contributed by atoms with Crippen LogP contribution in [0.2, 0.25) is 10.0 Å². The number of aliphatic imine (C=N–C) groups is 1. The highest BCUT2D eigenvalue weighted by Gasteiger charge is 2.19. The molecule has 9 heteroatoms. The third-order valence-electron chi connectivity index (χ3n) is 3.53. The van der Waals surface area contributed by atoms with E-state index in [1.54, 1.807) is 18.5 Å². The second-order valence-corrected chi connectivity index (χ2v) is 7.74. The molecule has 0 atom stereocenters. The number of nitrogens with zero attached hydrogens (tertiary/aromatic N) is 3. The number of oxazole rings is 1. The Kier molecular flexibility index (Phi) is 7.74. The molecule has 2 rings (SSSR count). The van der Waals surface area contributed by atoms with Crippen LogP contribution in [0.15, 0.2) is 27.9 Å². The zero-order valence-electron chi connectivity index (χ0n) is 16.1. The van der Waals surface area contributed by atoms with E-state index in [1.807, 2.05) is 6.92 Å². The predicted octanol–water partition coefficient (Wildman–Crippen LogP) is 3.84. The van der Waals surface area contributed by atoms with Gasteiger partial charge in [-0.3, -0.25) is 0 Å². The molecule has 0 bridgehead atoms. The van der Waals surface area contributed by atoms with Crippen molar-refractivity contribution in [2.24, 2.45) is 4.99 Å². The number of aromatic nitrogens is 2. The maximum atomic E-state index is 6.09. The van der Waals surface area contributed by atoms with Crippen LogP contribution in [0.3, 0.4) is 0 Å². The molecule has 0 saturated heterocycles. The largest absolute Gasteiger partial charge is 0.443 e. The zero-order chi connectivity index (χ0) is 19.9. The van der Waals surface area contributed by atoms with Crippen molar-refractivity contribution in [1.29, 1.82) is 0 Å². The third kappa shape index (κ3) is 6.92. The van der Waals surface area contributed by atoms with Crippen LogP contribution in [0.1, 0.15) is 39.3 Å². The Morgan fingerprint density at radius 2 is 1.93 bits per heavy atom. The lowest BCUT2D eigenvalue weighted by Gasteiger charge is -2.13. The molecule has 2 aromatic heterocycles. The Hall–Kier alpha value is -1.99. The summed E-state index contributed by atoms with van der Waals surface area (Å²) in [4.78, 5) is 13.0. The Labute approximate surface area is 170 Å². The van der Waals surface area contributed by atoms with Crippen molar-refractivity contribution in [3.8, 4) is 0 Å². The van der Waals surface area contributed by atoms with Crippen molar-refractivity contribution in [3.63, 3.8) is 0 Å². The van der Waals surface area contributed by atoms with E-state index in [2.05, 4.69) is 51.7 Å². The van der Waals surface area contributed by atoms with Crippen molar-refractivity contribution < 1.29 is 4.42 Å². The minimum Gasteiger partial charge on any atom is -0.443 e. The van der Waals surface area contributed by atoms with E-state index in [-0.39, 0.29) is 5.41 Å². The van der Waals surface area contributed by atoms with Crippen LogP contribution in [0, 0.1) is 0 Å². The summed E-state index contributed by atoms with van der Waals surface area (Å²) in [6.07, 6.45) is 3.31. The number of rotatable bonds is 7. The fourth-order valence-electron chi connectivity index (χ4n) is 2.12. The maximum Gasteiger partial charge on any atom is 0.216 e. The lowest BCUT2D eigenvalue weighted by Crippen LogP contribution is -2.39. The summed E-state index contributed by atoms with van der Waals surface area (Å²) in [6.45, 7) is 10.6. The molecule has 0 aromatic carbocycles. The number of hydrogen-bond acceptors (Lipinski definition) is 5. The van der Waals surface area contributed by atoms with Gasteiger partial charge in [-0.2, -0.15) is 0 Å². The lowest BCUT2D eigenvalue weighted by molar-refractivity contribution is 0.383. The van der Waals surface area contributed by atoms with E-state index >= 15 is 0 Å². The van der Waals surface area contributed by atoms with Gasteiger partial charge in [-0.1, -0.05) is 44.0 Å².